The largest absolute Gasteiger partial charge is 0.398 e. The molecule has 5 heteroatoms. The van der Waals surface area contributed by atoms with E-state index in [0.717, 1.165) is 29.2 Å². The molecule has 0 aromatic carbocycles. The topological polar surface area (TPSA) is 64.1 Å². The van der Waals surface area contributed by atoms with Crippen LogP contribution in [0.4, 0.5) is 5.69 Å². The van der Waals surface area contributed by atoms with Gasteiger partial charge in [-0.1, -0.05) is 5.16 Å². The second-order valence-corrected chi connectivity index (χ2v) is 5.14. The van der Waals surface area contributed by atoms with Crippen LogP contribution in [0.5, 0.6) is 0 Å². The fraction of sp³-hybridized carbons (Fsp3) is 0.417. The van der Waals surface area contributed by atoms with E-state index < -0.39 is 0 Å². The minimum absolute atomic E-state index is 0.211. The zero-order chi connectivity index (χ0) is 12.4. The van der Waals surface area contributed by atoms with Gasteiger partial charge in [-0.25, -0.2) is 0 Å². The van der Waals surface area contributed by atoms with Gasteiger partial charge in [-0.2, -0.15) is 0 Å². The Morgan fingerprint density at radius 1 is 1.53 bits per heavy atom. The summed E-state index contributed by atoms with van der Waals surface area (Å²) in [6, 6.07) is 2.14. The summed E-state index contributed by atoms with van der Waals surface area (Å²) in [6.45, 7) is 6.78. The number of nitrogens with zero attached hydrogens (tertiary/aromatic N) is 1. The quantitative estimate of drug-likeness (QED) is 0.877. The molecule has 0 saturated carbocycles. The van der Waals surface area contributed by atoms with E-state index in [0.29, 0.717) is 0 Å². The first-order valence-electron chi connectivity index (χ1n) is 5.57. The Hall–Kier alpha value is -1.33. The van der Waals surface area contributed by atoms with Crippen molar-refractivity contribution in [1.82, 2.24) is 10.5 Å². The van der Waals surface area contributed by atoms with Gasteiger partial charge >= 0.3 is 0 Å². The third kappa shape index (κ3) is 2.50. The van der Waals surface area contributed by atoms with E-state index in [1.54, 1.807) is 11.3 Å². The molecule has 3 N–H and O–H groups in total. The molecule has 2 aromatic heterocycles. The minimum atomic E-state index is 0.211. The predicted molar refractivity (Wildman–Crippen MR) is 70.0 cm³/mol. The van der Waals surface area contributed by atoms with Crippen molar-refractivity contribution in [3.05, 3.63) is 33.3 Å². The predicted octanol–water partition coefficient (Wildman–Crippen LogP) is 2.79. The summed E-state index contributed by atoms with van der Waals surface area (Å²) in [7, 11) is 0. The molecule has 2 aromatic rings. The average Bonchev–Trinajstić information content (AvgIpc) is 2.83. The molecule has 0 aliphatic rings. The number of aryl methyl sites for hydroxylation is 2. The van der Waals surface area contributed by atoms with Gasteiger partial charge in [-0.15, -0.1) is 11.3 Å². The normalized spacial score (nSPS) is 12.9. The van der Waals surface area contributed by atoms with Gasteiger partial charge in [0, 0.05) is 28.7 Å². The maximum atomic E-state index is 5.84. The monoisotopic (exact) mass is 251 g/mol. The molecule has 0 aliphatic heterocycles. The minimum Gasteiger partial charge on any atom is -0.398 e. The summed E-state index contributed by atoms with van der Waals surface area (Å²) in [5.41, 5.74) is 8.78. The smallest absolute Gasteiger partial charge is 0.138 e. The average molecular weight is 251 g/mol. The van der Waals surface area contributed by atoms with Gasteiger partial charge in [0.25, 0.3) is 0 Å². The summed E-state index contributed by atoms with van der Waals surface area (Å²) in [6.07, 6.45) is 0. The van der Waals surface area contributed by atoms with Crippen molar-refractivity contribution >= 4 is 17.0 Å². The zero-order valence-electron chi connectivity index (χ0n) is 10.3. The Morgan fingerprint density at radius 2 is 2.29 bits per heavy atom. The first-order valence-corrected chi connectivity index (χ1v) is 6.45. The summed E-state index contributed by atoms with van der Waals surface area (Å²) in [4.78, 5) is 1.17. The molecular formula is C12H17N3OS. The Morgan fingerprint density at radius 3 is 2.82 bits per heavy atom. The van der Waals surface area contributed by atoms with Crippen molar-refractivity contribution in [3.63, 3.8) is 0 Å². The van der Waals surface area contributed by atoms with E-state index in [1.165, 1.54) is 4.88 Å². The lowest BCUT2D eigenvalue weighted by atomic mass is 10.1. The molecule has 1 unspecified atom stereocenters. The van der Waals surface area contributed by atoms with Crippen molar-refractivity contribution < 1.29 is 4.52 Å². The number of thiophene rings is 1. The van der Waals surface area contributed by atoms with Crippen LogP contribution in [0, 0.1) is 13.8 Å². The molecule has 0 saturated heterocycles. The highest BCUT2D eigenvalue weighted by Crippen LogP contribution is 2.23. The summed E-state index contributed by atoms with van der Waals surface area (Å²) >= 11 is 1.67. The first kappa shape index (κ1) is 12.1. The Labute approximate surface area is 105 Å². The number of nitrogen functional groups attached to an aromatic ring is 1. The van der Waals surface area contributed by atoms with Crippen LogP contribution in [0.3, 0.4) is 0 Å². The molecule has 0 radical (unpaired) electrons. The highest BCUT2D eigenvalue weighted by molar-refractivity contribution is 7.10. The second-order valence-electron chi connectivity index (χ2n) is 4.14. The van der Waals surface area contributed by atoms with Crippen LogP contribution in [0.2, 0.25) is 0 Å². The number of nitrogens with one attached hydrogen (secondary N) is 1. The van der Waals surface area contributed by atoms with E-state index in [2.05, 4.69) is 17.4 Å². The molecule has 0 spiro atoms. The van der Waals surface area contributed by atoms with Crippen molar-refractivity contribution in [2.75, 3.05) is 5.73 Å². The van der Waals surface area contributed by atoms with Crippen molar-refractivity contribution in [2.24, 2.45) is 0 Å². The number of rotatable bonds is 4. The van der Waals surface area contributed by atoms with Gasteiger partial charge in [-0.3, -0.25) is 0 Å². The van der Waals surface area contributed by atoms with E-state index in [1.807, 2.05) is 25.3 Å². The van der Waals surface area contributed by atoms with Crippen molar-refractivity contribution in [1.29, 1.82) is 0 Å². The standard InChI is InChI=1S/C12H17N3OS/c1-7(12-8(2)15-16-9(12)3)14-6-11-10(13)4-5-17-11/h4-5,7,14H,6,13H2,1-3H3. The summed E-state index contributed by atoms with van der Waals surface area (Å²) in [5, 5.41) is 9.41. The molecule has 0 bridgehead atoms. The third-order valence-corrected chi connectivity index (χ3v) is 3.81. The Bertz CT molecular complexity index is 484. The highest BCUT2D eigenvalue weighted by Gasteiger charge is 2.16. The molecule has 92 valence electrons. The van der Waals surface area contributed by atoms with E-state index in [9.17, 15) is 0 Å². The van der Waals surface area contributed by atoms with Crippen molar-refractivity contribution in [3.8, 4) is 0 Å². The molecule has 1 atom stereocenters. The van der Waals surface area contributed by atoms with Gasteiger partial charge in [-0.05, 0) is 32.2 Å². The highest BCUT2D eigenvalue weighted by atomic mass is 32.1. The Kier molecular flexibility index (Phi) is 3.49. The van der Waals surface area contributed by atoms with Gasteiger partial charge < -0.3 is 15.6 Å². The van der Waals surface area contributed by atoms with Gasteiger partial charge in [0.2, 0.25) is 0 Å². The molecular weight excluding hydrogens is 234 g/mol. The molecule has 0 amide bonds. The maximum absolute atomic E-state index is 5.84. The summed E-state index contributed by atoms with van der Waals surface area (Å²) in [5.74, 6) is 0.877. The lowest BCUT2D eigenvalue weighted by molar-refractivity contribution is 0.390. The number of anilines is 1. The fourth-order valence-electron chi connectivity index (χ4n) is 1.95. The molecule has 0 fully saturated rings. The van der Waals surface area contributed by atoms with E-state index in [4.69, 9.17) is 10.3 Å². The van der Waals surface area contributed by atoms with Gasteiger partial charge in [0.15, 0.2) is 0 Å². The van der Waals surface area contributed by atoms with E-state index in [-0.39, 0.29) is 6.04 Å². The zero-order valence-corrected chi connectivity index (χ0v) is 11.1. The van der Waals surface area contributed by atoms with Gasteiger partial charge in [0.1, 0.15) is 5.76 Å². The first-order chi connectivity index (χ1) is 8.09. The molecule has 2 heterocycles. The molecule has 2 rings (SSSR count). The van der Waals surface area contributed by atoms with Crippen LogP contribution in [0.1, 0.15) is 34.9 Å². The summed E-state index contributed by atoms with van der Waals surface area (Å²) < 4.78 is 5.17. The Balaban J connectivity index is 2.03. The van der Waals surface area contributed by atoms with Crippen LogP contribution in [-0.4, -0.2) is 5.16 Å². The lowest BCUT2D eigenvalue weighted by Gasteiger charge is -2.13. The molecule has 0 aliphatic carbocycles. The number of hydrogen-bond donors (Lipinski definition) is 2. The molecule has 4 nitrogen and oxygen atoms in total. The third-order valence-electron chi connectivity index (χ3n) is 2.87. The van der Waals surface area contributed by atoms with Crippen LogP contribution < -0.4 is 11.1 Å². The number of aromatic nitrogens is 1. The SMILES string of the molecule is Cc1noc(C)c1C(C)NCc1sccc1N. The number of hydrogen-bond acceptors (Lipinski definition) is 5. The van der Waals surface area contributed by atoms with Crippen LogP contribution >= 0.6 is 11.3 Å². The van der Waals surface area contributed by atoms with Crippen LogP contribution in [-0.2, 0) is 6.54 Å². The van der Waals surface area contributed by atoms with E-state index >= 15 is 0 Å². The molecule has 17 heavy (non-hydrogen) atoms. The maximum Gasteiger partial charge on any atom is 0.138 e. The van der Waals surface area contributed by atoms with Gasteiger partial charge in [0.05, 0.1) is 5.69 Å². The number of nitrogens with two attached hydrogens (primary N) is 1. The lowest BCUT2D eigenvalue weighted by Crippen LogP contribution is -2.19. The van der Waals surface area contributed by atoms with Crippen LogP contribution in [0.15, 0.2) is 16.0 Å². The van der Waals surface area contributed by atoms with Crippen molar-refractivity contribution in [2.45, 2.75) is 33.4 Å². The van der Waals surface area contributed by atoms with Crippen LogP contribution in [0.25, 0.3) is 0 Å². The fourth-order valence-corrected chi connectivity index (χ4v) is 2.70. The second kappa shape index (κ2) is 4.89.